The van der Waals surface area contributed by atoms with Crippen LogP contribution in [0.25, 0.3) is 0 Å². The van der Waals surface area contributed by atoms with Gasteiger partial charge in [-0.2, -0.15) is 13.2 Å². The van der Waals surface area contributed by atoms with Crippen LogP contribution >= 0.6 is 0 Å². The summed E-state index contributed by atoms with van der Waals surface area (Å²) in [5, 5.41) is 11.2. The molecule has 0 bridgehead atoms. The Morgan fingerprint density at radius 2 is 1.91 bits per heavy atom. The monoisotopic (exact) mass is 468 g/mol. The van der Waals surface area contributed by atoms with Gasteiger partial charge in [0.1, 0.15) is 23.8 Å². The number of carboxylic acid groups (broad SMARTS) is 1. The standard InChI is InChI=1S/C18H15FN4O3.C2HF3O2/c19-15-9-21-6-3-13(15)18(24)23-7-4-17-14(10-23)16(22-26-17)11-25-12-2-1-5-20-8-12;3-2(4,5)1(6)7/h1-3,5-6,8-9H,4,7,10-11H2;(H,6,7). The van der Waals surface area contributed by atoms with Gasteiger partial charge in [-0.15, -0.1) is 0 Å². The minimum atomic E-state index is -5.08. The number of rotatable bonds is 4. The number of hydrogen-bond donors (Lipinski definition) is 1. The molecule has 0 aromatic carbocycles. The normalized spacial score (nSPS) is 12.9. The zero-order chi connectivity index (χ0) is 24.0. The Hall–Kier alpha value is -4.03. The Kier molecular flexibility index (Phi) is 7.20. The zero-order valence-electron chi connectivity index (χ0n) is 16.8. The second-order valence-corrected chi connectivity index (χ2v) is 6.64. The quantitative estimate of drug-likeness (QED) is 0.581. The van der Waals surface area contributed by atoms with Gasteiger partial charge in [0.05, 0.1) is 24.5 Å². The Balaban J connectivity index is 0.000000383. The van der Waals surface area contributed by atoms with Gasteiger partial charge in [0.25, 0.3) is 5.91 Å². The van der Waals surface area contributed by atoms with Gasteiger partial charge in [-0.05, 0) is 18.2 Å². The van der Waals surface area contributed by atoms with E-state index in [1.165, 1.54) is 12.3 Å². The lowest BCUT2D eigenvalue weighted by Crippen LogP contribution is -2.36. The molecule has 0 radical (unpaired) electrons. The summed E-state index contributed by atoms with van der Waals surface area (Å²) < 4.78 is 56.6. The molecule has 1 aliphatic rings. The lowest BCUT2D eigenvalue weighted by molar-refractivity contribution is -0.192. The highest BCUT2D eigenvalue weighted by molar-refractivity contribution is 5.94. The third-order valence-electron chi connectivity index (χ3n) is 4.45. The number of pyridine rings is 2. The molecule has 3 aromatic rings. The molecule has 0 fully saturated rings. The van der Waals surface area contributed by atoms with E-state index in [1.54, 1.807) is 29.4 Å². The topological polar surface area (TPSA) is 119 Å². The number of carbonyl (C=O) groups is 2. The van der Waals surface area contributed by atoms with Crippen LogP contribution in [0.4, 0.5) is 17.6 Å². The number of hydrogen-bond acceptors (Lipinski definition) is 7. The molecule has 1 N–H and O–H groups in total. The second kappa shape index (κ2) is 10.1. The molecule has 3 aromatic heterocycles. The van der Waals surface area contributed by atoms with Gasteiger partial charge in [-0.3, -0.25) is 14.8 Å². The van der Waals surface area contributed by atoms with Crippen molar-refractivity contribution in [3.63, 3.8) is 0 Å². The minimum Gasteiger partial charge on any atom is -0.486 e. The van der Waals surface area contributed by atoms with E-state index in [-0.39, 0.29) is 18.1 Å². The molecule has 0 unspecified atom stereocenters. The van der Waals surface area contributed by atoms with Gasteiger partial charge in [0, 0.05) is 30.9 Å². The van der Waals surface area contributed by atoms with E-state index in [9.17, 15) is 22.4 Å². The molecule has 0 aliphatic carbocycles. The summed E-state index contributed by atoms with van der Waals surface area (Å²) >= 11 is 0. The van der Waals surface area contributed by atoms with Crippen molar-refractivity contribution in [2.75, 3.05) is 6.54 Å². The van der Waals surface area contributed by atoms with E-state index in [2.05, 4.69) is 15.1 Å². The van der Waals surface area contributed by atoms with E-state index in [0.29, 0.717) is 31.0 Å². The molecule has 0 saturated heterocycles. The third-order valence-corrected chi connectivity index (χ3v) is 4.45. The first-order valence-electron chi connectivity index (χ1n) is 9.35. The molecule has 13 heteroatoms. The second-order valence-electron chi connectivity index (χ2n) is 6.64. The Labute approximate surface area is 183 Å². The van der Waals surface area contributed by atoms with Crippen LogP contribution in [0.2, 0.25) is 0 Å². The number of aromatic nitrogens is 3. The van der Waals surface area contributed by atoms with Crippen LogP contribution in [-0.4, -0.2) is 49.7 Å². The first-order chi connectivity index (χ1) is 15.7. The molecule has 174 valence electrons. The Morgan fingerprint density at radius 3 is 2.55 bits per heavy atom. The molecule has 0 atom stereocenters. The molecular formula is C20H16F4N4O5. The van der Waals surface area contributed by atoms with E-state index < -0.39 is 18.0 Å². The summed E-state index contributed by atoms with van der Waals surface area (Å²) in [6.07, 6.45) is 1.14. The van der Waals surface area contributed by atoms with E-state index in [4.69, 9.17) is 19.2 Å². The van der Waals surface area contributed by atoms with Crippen molar-refractivity contribution in [1.82, 2.24) is 20.0 Å². The molecule has 4 heterocycles. The number of carbonyl (C=O) groups excluding carboxylic acids is 1. The molecular weight excluding hydrogens is 452 g/mol. The Morgan fingerprint density at radius 1 is 1.18 bits per heavy atom. The highest BCUT2D eigenvalue weighted by atomic mass is 19.4. The number of aliphatic carboxylic acids is 1. The fraction of sp³-hybridized carbons (Fsp3) is 0.250. The maximum atomic E-state index is 13.9. The van der Waals surface area contributed by atoms with Crippen LogP contribution < -0.4 is 4.74 Å². The molecule has 33 heavy (non-hydrogen) atoms. The van der Waals surface area contributed by atoms with Crippen molar-refractivity contribution < 1.29 is 41.5 Å². The van der Waals surface area contributed by atoms with Crippen LogP contribution in [0, 0.1) is 5.82 Å². The fourth-order valence-corrected chi connectivity index (χ4v) is 2.85. The van der Waals surface area contributed by atoms with Crippen molar-refractivity contribution in [1.29, 1.82) is 0 Å². The van der Waals surface area contributed by atoms with E-state index in [0.717, 1.165) is 17.5 Å². The van der Waals surface area contributed by atoms with Crippen LogP contribution in [0.1, 0.15) is 27.4 Å². The number of nitrogens with zero attached hydrogens (tertiary/aromatic N) is 4. The first-order valence-corrected chi connectivity index (χ1v) is 9.35. The zero-order valence-corrected chi connectivity index (χ0v) is 16.8. The number of carboxylic acids is 1. The SMILES string of the molecule is O=C(O)C(F)(F)F.O=C(c1ccncc1F)N1CCc2onc(COc3cccnc3)c2C1. The van der Waals surface area contributed by atoms with Crippen LogP contribution in [0.15, 0.2) is 47.5 Å². The highest BCUT2D eigenvalue weighted by Gasteiger charge is 2.38. The number of amides is 1. The lowest BCUT2D eigenvalue weighted by Gasteiger charge is -2.26. The van der Waals surface area contributed by atoms with Gasteiger partial charge in [-0.1, -0.05) is 5.16 Å². The van der Waals surface area contributed by atoms with Crippen molar-refractivity contribution in [2.45, 2.75) is 25.7 Å². The third kappa shape index (κ3) is 6.02. The van der Waals surface area contributed by atoms with Gasteiger partial charge in [0.2, 0.25) is 0 Å². The smallest absolute Gasteiger partial charge is 0.486 e. The van der Waals surface area contributed by atoms with E-state index >= 15 is 0 Å². The summed E-state index contributed by atoms with van der Waals surface area (Å²) in [7, 11) is 0. The summed E-state index contributed by atoms with van der Waals surface area (Å²) in [6, 6.07) is 4.95. The average Bonchev–Trinajstić information content (AvgIpc) is 3.20. The largest absolute Gasteiger partial charge is 0.490 e. The lowest BCUT2D eigenvalue weighted by atomic mass is 10.0. The maximum absolute atomic E-state index is 13.9. The summed E-state index contributed by atoms with van der Waals surface area (Å²) in [4.78, 5) is 30.7. The summed E-state index contributed by atoms with van der Waals surface area (Å²) in [5.74, 6) is -2.42. The van der Waals surface area contributed by atoms with Crippen molar-refractivity contribution in [3.8, 4) is 5.75 Å². The predicted octanol–water partition coefficient (Wildman–Crippen LogP) is 3.01. The summed E-state index contributed by atoms with van der Waals surface area (Å²) in [6.45, 7) is 0.938. The number of ether oxygens (including phenoxy) is 1. The minimum absolute atomic E-state index is 0.00747. The molecule has 1 aliphatic heterocycles. The van der Waals surface area contributed by atoms with Crippen molar-refractivity contribution in [2.24, 2.45) is 0 Å². The highest BCUT2D eigenvalue weighted by Crippen LogP contribution is 2.25. The predicted molar refractivity (Wildman–Crippen MR) is 101 cm³/mol. The van der Waals surface area contributed by atoms with Crippen molar-refractivity contribution in [3.05, 3.63) is 71.4 Å². The average molecular weight is 468 g/mol. The molecule has 1 amide bonds. The maximum Gasteiger partial charge on any atom is 0.490 e. The van der Waals surface area contributed by atoms with Gasteiger partial charge in [0.15, 0.2) is 5.82 Å². The fourth-order valence-electron chi connectivity index (χ4n) is 2.85. The van der Waals surface area contributed by atoms with Gasteiger partial charge >= 0.3 is 12.1 Å². The summed E-state index contributed by atoms with van der Waals surface area (Å²) in [5.41, 5.74) is 1.44. The Bertz CT molecular complexity index is 1120. The van der Waals surface area contributed by atoms with Crippen LogP contribution in [-0.2, 0) is 24.4 Å². The first kappa shape index (κ1) is 23.6. The number of fused-ring (bicyclic) bond motifs is 1. The number of alkyl halides is 3. The molecule has 4 rings (SSSR count). The molecule has 9 nitrogen and oxygen atoms in total. The van der Waals surface area contributed by atoms with Crippen molar-refractivity contribution >= 4 is 11.9 Å². The van der Waals surface area contributed by atoms with Crippen LogP contribution in [0.5, 0.6) is 5.75 Å². The van der Waals surface area contributed by atoms with Crippen LogP contribution in [0.3, 0.4) is 0 Å². The number of halogens is 4. The molecule has 0 spiro atoms. The van der Waals surface area contributed by atoms with Gasteiger partial charge < -0.3 is 19.3 Å². The van der Waals surface area contributed by atoms with Gasteiger partial charge in [-0.25, -0.2) is 9.18 Å². The van der Waals surface area contributed by atoms with E-state index in [1.807, 2.05) is 0 Å². The molecule has 0 saturated carbocycles.